The van der Waals surface area contributed by atoms with Gasteiger partial charge in [-0.05, 0) is 12.0 Å². The van der Waals surface area contributed by atoms with E-state index in [4.69, 9.17) is 10.5 Å². The van der Waals surface area contributed by atoms with E-state index in [1.54, 1.807) is 0 Å². The highest BCUT2D eigenvalue weighted by atomic mass is 16.5. The topological polar surface area (TPSA) is 52.3 Å². The molecule has 0 fully saturated rings. The fraction of sp³-hybridized carbons (Fsp3) is 0.417. The van der Waals surface area contributed by atoms with E-state index in [1.165, 1.54) is 0 Å². The van der Waals surface area contributed by atoms with Gasteiger partial charge in [0, 0.05) is 0 Å². The Morgan fingerprint density at radius 3 is 2.60 bits per heavy atom. The molecule has 0 aliphatic heterocycles. The standard InChI is InChI=1S/C12H17NO2/c1-2-11(12(13)14)9-15-8-10-6-4-3-5-7-10/h3-7,11H,2,8-9H2,1H3,(H2,13,14). The summed E-state index contributed by atoms with van der Waals surface area (Å²) in [6, 6.07) is 9.87. The molecule has 0 radical (unpaired) electrons. The van der Waals surface area contributed by atoms with Crippen molar-refractivity contribution < 1.29 is 9.53 Å². The monoisotopic (exact) mass is 207 g/mol. The first-order valence-electron chi connectivity index (χ1n) is 5.15. The first-order chi connectivity index (χ1) is 7.24. The second-order valence-corrected chi connectivity index (χ2v) is 3.51. The molecule has 1 aromatic carbocycles. The van der Waals surface area contributed by atoms with Gasteiger partial charge in [0.15, 0.2) is 0 Å². The summed E-state index contributed by atoms with van der Waals surface area (Å²) >= 11 is 0. The summed E-state index contributed by atoms with van der Waals surface area (Å²) in [5.74, 6) is -0.459. The van der Waals surface area contributed by atoms with Gasteiger partial charge in [-0.15, -0.1) is 0 Å². The van der Waals surface area contributed by atoms with Crippen LogP contribution in [0.15, 0.2) is 30.3 Å². The van der Waals surface area contributed by atoms with Gasteiger partial charge >= 0.3 is 0 Å². The van der Waals surface area contributed by atoms with E-state index in [9.17, 15) is 4.79 Å². The molecule has 1 aromatic rings. The summed E-state index contributed by atoms with van der Waals surface area (Å²) in [5.41, 5.74) is 6.32. The molecule has 3 nitrogen and oxygen atoms in total. The second-order valence-electron chi connectivity index (χ2n) is 3.51. The van der Waals surface area contributed by atoms with E-state index in [1.807, 2.05) is 37.3 Å². The van der Waals surface area contributed by atoms with Crippen LogP contribution in [-0.2, 0) is 16.1 Å². The SMILES string of the molecule is CCC(COCc1ccccc1)C(N)=O. The highest BCUT2D eigenvalue weighted by Crippen LogP contribution is 2.05. The predicted molar refractivity (Wildman–Crippen MR) is 59.1 cm³/mol. The zero-order valence-electron chi connectivity index (χ0n) is 8.98. The maximum Gasteiger partial charge on any atom is 0.222 e. The molecule has 0 bridgehead atoms. The molecule has 0 spiro atoms. The van der Waals surface area contributed by atoms with Crippen LogP contribution in [0.5, 0.6) is 0 Å². The lowest BCUT2D eigenvalue weighted by Gasteiger charge is -2.11. The van der Waals surface area contributed by atoms with E-state index < -0.39 is 0 Å². The number of carbonyl (C=O) groups is 1. The van der Waals surface area contributed by atoms with Crippen molar-refractivity contribution in [3.63, 3.8) is 0 Å². The van der Waals surface area contributed by atoms with Gasteiger partial charge in [-0.3, -0.25) is 4.79 Å². The number of benzene rings is 1. The third kappa shape index (κ3) is 4.13. The van der Waals surface area contributed by atoms with Gasteiger partial charge in [-0.1, -0.05) is 37.3 Å². The normalized spacial score (nSPS) is 12.3. The summed E-state index contributed by atoms with van der Waals surface area (Å²) < 4.78 is 5.43. The number of hydrogen-bond donors (Lipinski definition) is 1. The van der Waals surface area contributed by atoms with Crippen molar-refractivity contribution >= 4 is 5.91 Å². The molecule has 2 N–H and O–H groups in total. The third-order valence-electron chi connectivity index (χ3n) is 2.33. The van der Waals surface area contributed by atoms with Gasteiger partial charge in [0.2, 0.25) is 5.91 Å². The lowest BCUT2D eigenvalue weighted by Crippen LogP contribution is -2.26. The van der Waals surface area contributed by atoms with Gasteiger partial charge in [-0.25, -0.2) is 0 Å². The molecule has 1 rings (SSSR count). The minimum absolute atomic E-state index is 0.172. The van der Waals surface area contributed by atoms with Crippen molar-refractivity contribution in [1.82, 2.24) is 0 Å². The summed E-state index contributed by atoms with van der Waals surface area (Å²) in [4.78, 5) is 10.9. The predicted octanol–water partition coefficient (Wildman–Crippen LogP) is 1.71. The van der Waals surface area contributed by atoms with E-state index in [0.29, 0.717) is 13.2 Å². The number of amides is 1. The molecule has 0 aliphatic rings. The quantitative estimate of drug-likeness (QED) is 0.772. The van der Waals surface area contributed by atoms with Crippen molar-refractivity contribution in [2.24, 2.45) is 11.7 Å². The van der Waals surface area contributed by atoms with Crippen LogP contribution >= 0.6 is 0 Å². The first-order valence-corrected chi connectivity index (χ1v) is 5.15. The lowest BCUT2D eigenvalue weighted by atomic mass is 10.1. The van der Waals surface area contributed by atoms with Gasteiger partial charge in [-0.2, -0.15) is 0 Å². The van der Waals surface area contributed by atoms with Crippen LogP contribution in [0.1, 0.15) is 18.9 Å². The Labute approximate surface area is 90.2 Å². The third-order valence-corrected chi connectivity index (χ3v) is 2.33. The average molecular weight is 207 g/mol. The molecular formula is C12H17NO2. The van der Waals surface area contributed by atoms with E-state index in [2.05, 4.69) is 0 Å². The number of primary amides is 1. The van der Waals surface area contributed by atoms with Crippen LogP contribution < -0.4 is 5.73 Å². The maximum absolute atomic E-state index is 10.9. The smallest absolute Gasteiger partial charge is 0.222 e. The summed E-state index contributed by atoms with van der Waals surface area (Å²) in [6.45, 7) is 2.87. The van der Waals surface area contributed by atoms with Gasteiger partial charge in [0.1, 0.15) is 0 Å². The number of carbonyl (C=O) groups excluding carboxylic acids is 1. The minimum Gasteiger partial charge on any atom is -0.376 e. The van der Waals surface area contributed by atoms with Crippen LogP contribution in [0, 0.1) is 5.92 Å². The Hall–Kier alpha value is -1.35. The van der Waals surface area contributed by atoms with Crippen molar-refractivity contribution in [3.8, 4) is 0 Å². The maximum atomic E-state index is 10.9. The van der Waals surface area contributed by atoms with E-state index >= 15 is 0 Å². The Kier molecular flexibility index (Phi) is 4.84. The second kappa shape index (κ2) is 6.19. The molecule has 0 saturated carbocycles. The van der Waals surface area contributed by atoms with Crippen LogP contribution in [-0.4, -0.2) is 12.5 Å². The number of nitrogens with two attached hydrogens (primary N) is 1. The highest BCUT2D eigenvalue weighted by molar-refractivity contribution is 5.76. The zero-order valence-corrected chi connectivity index (χ0v) is 8.98. The van der Waals surface area contributed by atoms with Crippen molar-refractivity contribution in [1.29, 1.82) is 0 Å². The van der Waals surface area contributed by atoms with E-state index in [0.717, 1.165) is 12.0 Å². The largest absolute Gasteiger partial charge is 0.376 e. The molecule has 1 atom stereocenters. The fourth-order valence-electron chi connectivity index (χ4n) is 1.29. The summed E-state index contributed by atoms with van der Waals surface area (Å²) in [6.07, 6.45) is 0.726. The molecule has 0 aliphatic carbocycles. The Morgan fingerprint density at radius 1 is 1.40 bits per heavy atom. The van der Waals surface area contributed by atoms with Crippen LogP contribution in [0.2, 0.25) is 0 Å². The minimum atomic E-state index is -0.287. The molecular weight excluding hydrogens is 190 g/mol. The van der Waals surface area contributed by atoms with Crippen molar-refractivity contribution in [2.45, 2.75) is 20.0 Å². The number of ether oxygens (including phenoxy) is 1. The van der Waals surface area contributed by atoms with Gasteiger partial charge in [0.05, 0.1) is 19.1 Å². The Morgan fingerprint density at radius 2 is 2.07 bits per heavy atom. The average Bonchev–Trinajstić information content (AvgIpc) is 2.25. The molecule has 1 amide bonds. The van der Waals surface area contributed by atoms with Gasteiger partial charge in [0.25, 0.3) is 0 Å². The van der Waals surface area contributed by atoms with Crippen LogP contribution in [0.4, 0.5) is 0 Å². The highest BCUT2D eigenvalue weighted by Gasteiger charge is 2.12. The number of hydrogen-bond acceptors (Lipinski definition) is 2. The molecule has 15 heavy (non-hydrogen) atoms. The molecule has 1 unspecified atom stereocenters. The Bertz CT molecular complexity index is 298. The van der Waals surface area contributed by atoms with Crippen molar-refractivity contribution in [3.05, 3.63) is 35.9 Å². The van der Waals surface area contributed by atoms with Crippen molar-refractivity contribution in [2.75, 3.05) is 6.61 Å². The van der Waals surface area contributed by atoms with Crippen LogP contribution in [0.25, 0.3) is 0 Å². The van der Waals surface area contributed by atoms with E-state index in [-0.39, 0.29) is 11.8 Å². The molecule has 0 aromatic heterocycles. The molecule has 82 valence electrons. The Balaban J connectivity index is 2.30. The lowest BCUT2D eigenvalue weighted by molar-refractivity contribution is -0.124. The summed E-state index contributed by atoms with van der Waals surface area (Å²) in [5, 5.41) is 0. The fourth-order valence-corrected chi connectivity index (χ4v) is 1.29. The van der Waals surface area contributed by atoms with Gasteiger partial charge < -0.3 is 10.5 Å². The number of rotatable bonds is 6. The molecule has 0 heterocycles. The summed E-state index contributed by atoms with van der Waals surface area (Å²) in [7, 11) is 0. The zero-order chi connectivity index (χ0) is 11.1. The molecule has 0 saturated heterocycles. The molecule has 3 heteroatoms. The first kappa shape index (κ1) is 11.7. The van der Waals surface area contributed by atoms with Crippen LogP contribution in [0.3, 0.4) is 0 Å².